The topological polar surface area (TPSA) is 194 Å². The molecular formula is C47H57F4N5O10S. The molecule has 1 saturated heterocycles. The zero-order chi connectivity index (χ0) is 49.0. The van der Waals surface area contributed by atoms with E-state index in [4.69, 9.17) is 19.2 Å². The van der Waals surface area contributed by atoms with Gasteiger partial charge >= 0.3 is 12.3 Å². The lowest BCUT2D eigenvalue weighted by atomic mass is 9.85. The normalized spacial score (nSPS) is 26.2. The van der Waals surface area contributed by atoms with Gasteiger partial charge in [-0.1, -0.05) is 26.0 Å². The SMILES string of the molecule is COc1cc2cc(-c3ccc(OC(C)C)cc3)nc(O[C@@H]3C[C@H]4C(=O)N[C@]5(C(=O)NS(=O)(=O)C6CC6)C[C@H]5C=CCC[C@H](C)C[C@@H](C)[C@H](N(C(=O)O)C(C)(C)C(F)(F)F)C(=O)N4C3)c2cc1F. The summed E-state index contributed by atoms with van der Waals surface area (Å²) in [7, 11) is -2.78. The number of hydrogen-bond donors (Lipinski definition) is 3. The number of carboxylic acid groups (broad SMARTS) is 1. The number of benzene rings is 2. The van der Waals surface area contributed by atoms with Crippen LogP contribution in [0, 0.1) is 23.6 Å². The molecule has 3 N–H and O–H groups in total. The maximum Gasteiger partial charge on any atom is 0.411 e. The third-order valence-corrected chi connectivity index (χ3v) is 15.0. The van der Waals surface area contributed by atoms with Crippen LogP contribution in [0.3, 0.4) is 0 Å². The van der Waals surface area contributed by atoms with Gasteiger partial charge in [0.05, 0.1) is 30.7 Å². The number of carbonyl (C=O) groups excluding carboxylic acids is 3. The number of pyridine rings is 1. The predicted molar refractivity (Wildman–Crippen MR) is 238 cm³/mol. The quantitative estimate of drug-likeness (QED) is 0.128. The fourth-order valence-electron chi connectivity index (χ4n) is 9.24. The molecule has 364 valence electrons. The second-order valence-corrected chi connectivity index (χ2v) is 21.1. The first-order valence-electron chi connectivity index (χ1n) is 22.4. The van der Waals surface area contributed by atoms with Crippen molar-refractivity contribution in [2.45, 2.75) is 133 Å². The molecule has 15 nitrogen and oxygen atoms in total. The Bertz CT molecular complexity index is 2550. The van der Waals surface area contributed by atoms with E-state index in [1.54, 1.807) is 42.5 Å². The van der Waals surface area contributed by atoms with Crippen molar-refractivity contribution in [2.75, 3.05) is 13.7 Å². The summed E-state index contributed by atoms with van der Waals surface area (Å²) in [6.45, 7) is 7.93. The van der Waals surface area contributed by atoms with Gasteiger partial charge in [0.15, 0.2) is 11.6 Å². The number of halogens is 4. The maximum atomic E-state index is 15.4. The smallest absolute Gasteiger partial charge is 0.411 e. The lowest BCUT2D eigenvalue weighted by Crippen LogP contribution is -2.66. The number of aromatic nitrogens is 1. The Kier molecular flexibility index (Phi) is 13.6. The minimum atomic E-state index is -5.15. The lowest BCUT2D eigenvalue weighted by Gasteiger charge is -2.45. The molecular weight excluding hydrogens is 903 g/mol. The largest absolute Gasteiger partial charge is 0.494 e. The van der Waals surface area contributed by atoms with Gasteiger partial charge < -0.3 is 29.5 Å². The van der Waals surface area contributed by atoms with Gasteiger partial charge in [0.1, 0.15) is 35.0 Å². The van der Waals surface area contributed by atoms with Crippen LogP contribution in [0.1, 0.15) is 86.5 Å². The molecule has 0 spiro atoms. The standard InChI is InChI=1S/C47H57F4N5O10S/c1-25(2)65-31-14-12-28(13-15-31)36-19-29-20-38(64-7)35(48)22-34(29)41(52-36)66-32-21-37-40(57)53-46(43(59)54-67(62,63)33-16-17-33)23-30(46)11-9-8-10-26(3)18-27(4)39(42(58)55(37)24-32)56(44(60)61)45(5,6)47(49,50)51/h9,11-15,19-20,22,25-27,30,32-33,37,39H,8,10,16-18,21,23-24H2,1-7H3,(H,53,57)(H,54,59)(H,60,61)/t26-,27+,30+,32+,37-,39-,46+/m0/s1. The highest BCUT2D eigenvalue weighted by molar-refractivity contribution is 7.91. The van der Waals surface area contributed by atoms with Gasteiger partial charge in [0.2, 0.25) is 27.7 Å². The summed E-state index contributed by atoms with van der Waals surface area (Å²) in [6.07, 6.45) is -3.56. The van der Waals surface area contributed by atoms with E-state index in [1.807, 2.05) is 20.8 Å². The van der Waals surface area contributed by atoms with Crippen molar-refractivity contribution in [2.24, 2.45) is 17.8 Å². The molecule has 67 heavy (non-hydrogen) atoms. The van der Waals surface area contributed by atoms with E-state index in [2.05, 4.69) is 10.0 Å². The Morgan fingerprint density at radius 3 is 2.34 bits per heavy atom. The fourth-order valence-corrected chi connectivity index (χ4v) is 10.6. The van der Waals surface area contributed by atoms with E-state index in [9.17, 15) is 41.1 Å². The third kappa shape index (κ3) is 10.1. The molecule has 2 aromatic carbocycles. The van der Waals surface area contributed by atoms with Crippen molar-refractivity contribution in [1.29, 1.82) is 0 Å². The van der Waals surface area contributed by atoms with Crippen molar-refractivity contribution >= 4 is 44.6 Å². The number of methoxy groups -OCH3 is 1. The van der Waals surface area contributed by atoms with E-state index in [-0.39, 0.29) is 53.2 Å². The average molecular weight is 960 g/mol. The molecule has 2 aliphatic heterocycles. The summed E-state index contributed by atoms with van der Waals surface area (Å²) in [5.74, 6) is -5.34. The second kappa shape index (κ2) is 18.4. The molecule has 7 atom stereocenters. The number of sulfonamides is 1. The lowest BCUT2D eigenvalue weighted by molar-refractivity contribution is -0.222. The molecule has 3 fully saturated rings. The van der Waals surface area contributed by atoms with Gasteiger partial charge in [-0.05, 0) is 126 Å². The molecule has 20 heteroatoms. The molecule has 0 unspecified atom stereocenters. The first-order valence-corrected chi connectivity index (χ1v) is 24.0. The van der Waals surface area contributed by atoms with Crippen LogP contribution in [0.15, 0.2) is 54.6 Å². The van der Waals surface area contributed by atoms with Crippen LogP contribution >= 0.6 is 0 Å². The molecule has 4 aliphatic rings. The Morgan fingerprint density at radius 2 is 1.73 bits per heavy atom. The van der Waals surface area contributed by atoms with E-state index < -0.39 is 98.7 Å². The van der Waals surface area contributed by atoms with E-state index in [0.29, 0.717) is 61.9 Å². The first-order chi connectivity index (χ1) is 31.4. The molecule has 3 heterocycles. The van der Waals surface area contributed by atoms with Gasteiger partial charge in [0, 0.05) is 23.3 Å². The number of rotatable bonds is 11. The van der Waals surface area contributed by atoms with Gasteiger partial charge in [-0.2, -0.15) is 13.2 Å². The third-order valence-electron chi connectivity index (χ3n) is 13.2. The monoisotopic (exact) mass is 959 g/mol. The van der Waals surface area contributed by atoms with Crippen molar-refractivity contribution in [3.63, 3.8) is 0 Å². The van der Waals surface area contributed by atoms with E-state index >= 15 is 9.18 Å². The van der Waals surface area contributed by atoms with Gasteiger partial charge in [-0.15, -0.1) is 0 Å². The number of hydrogen-bond acceptors (Lipinski definition) is 10. The molecule has 2 aliphatic carbocycles. The fraction of sp³-hybridized carbons (Fsp3) is 0.553. The summed E-state index contributed by atoms with van der Waals surface area (Å²) in [5, 5.41) is 13.1. The Balaban J connectivity index is 1.32. The molecule has 1 aromatic heterocycles. The number of alkyl halides is 3. The molecule has 0 radical (unpaired) electrons. The Hall–Kier alpha value is -5.66. The van der Waals surface area contributed by atoms with Crippen LogP contribution < -0.4 is 24.2 Å². The summed E-state index contributed by atoms with van der Waals surface area (Å²) < 4.78 is 106. The zero-order valence-electron chi connectivity index (χ0n) is 38.4. The highest BCUT2D eigenvalue weighted by atomic mass is 32.2. The van der Waals surface area contributed by atoms with Crippen LogP contribution in [-0.2, 0) is 24.4 Å². The maximum absolute atomic E-state index is 15.4. The number of nitrogens with one attached hydrogen (secondary N) is 2. The summed E-state index contributed by atoms with van der Waals surface area (Å²) >= 11 is 0. The van der Waals surface area contributed by atoms with Gasteiger partial charge in [0.25, 0.3) is 5.91 Å². The second-order valence-electron chi connectivity index (χ2n) is 19.1. The first kappa shape index (κ1) is 49.3. The number of nitrogens with zero attached hydrogens (tertiary/aromatic N) is 3. The van der Waals surface area contributed by atoms with Crippen molar-refractivity contribution in [1.82, 2.24) is 24.8 Å². The van der Waals surface area contributed by atoms with Gasteiger partial charge in [-0.25, -0.2) is 22.6 Å². The van der Waals surface area contributed by atoms with Gasteiger partial charge in [-0.3, -0.25) is 24.0 Å². The van der Waals surface area contributed by atoms with Crippen molar-refractivity contribution in [3.05, 3.63) is 60.4 Å². The predicted octanol–water partition coefficient (Wildman–Crippen LogP) is 7.37. The summed E-state index contributed by atoms with van der Waals surface area (Å²) in [4.78, 5) is 62.9. The summed E-state index contributed by atoms with van der Waals surface area (Å²) in [6, 6.07) is 7.70. The zero-order valence-corrected chi connectivity index (χ0v) is 39.2. The molecule has 2 saturated carbocycles. The minimum Gasteiger partial charge on any atom is -0.494 e. The van der Waals surface area contributed by atoms with Crippen molar-refractivity contribution < 1.29 is 64.5 Å². The molecule has 7 rings (SSSR count). The highest BCUT2D eigenvalue weighted by Gasteiger charge is 2.63. The summed E-state index contributed by atoms with van der Waals surface area (Å²) in [5.41, 5.74) is -3.90. The highest BCUT2D eigenvalue weighted by Crippen LogP contribution is 2.47. The average Bonchev–Trinajstić information content (AvgIpc) is 4.17. The Morgan fingerprint density at radius 1 is 1.04 bits per heavy atom. The van der Waals surface area contributed by atoms with Crippen LogP contribution in [0.2, 0.25) is 0 Å². The molecule has 0 bridgehead atoms. The number of carbonyl (C=O) groups is 4. The van der Waals surface area contributed by atoms with Crippen LogP contribution in [0.25, 0.3) is 22.0 Å². The van der Waals surface area contributed by atoms with Crippen LogP contribution in [-0.4, -0.2) is 113 Å². The number of allylic oxidation sites excluding steroid dienone is 1. The van der Waals surface area contributed by atoms with Crippen molar-refractivity contribution in [3.8, 4) is 28.6 Å². The molecule has 3 aromatic rings. The number of ether oxygens (including phenoxy) is 3. The Labute approximate surface area is 386 Å². The number of fused-ring (bicyclic) bond motifs is 3. The van der Waals surface area contributed by atoms with E-state index in [1.165, 1.54) is 20.1 Å². The van der Waals surface area contributed by atoms with E-state index in [0.717, 1.165) is 11.0 Å². The van der Waals surface area contributed by atoms with Crippen LogP contribution in [0.5, 0.6) is 17.4 Å². The molecule has 4 amide bonds. The minimum absolute atomic E-state index is 0.00589. The number of amides is 4. The van der Waals surface area contributed by atoms with Crippen LogP contribution in [0.4, 0.5) is 22.4 Å².